The minimum absolute atomic E-state index is 0.00940. The van der Waals surface area contributed by atoms with Gasteiger partial charge in [-0.3, -0.25) is 14.4 Å². The SMILES string of the molecule is CC1C(=O)C23CC1CCC2C12COC(=O)C1C(C)(C)C(O)CC2OC3=O. The van der Waals surface area contributed by atoms with Crippen LogP contribution in [0.4, 0.5) is 0 Å². The lowest BCUT2D eigenvalue weighted by Crippen LogP contribution is -2.70. The summed E-state index contributed by atoms with van der Waals surface area (Å²) in [5.74, 6) is -1.48. The minimum atomic E-state index is -1.12. The maximum Gasteiger partial charge on any atom is 0.320 e. The van der Waals surface area contributed by atoms with Crippen LogP contribution in [-0.2, 0) is 23.9 Å². The third-order valence-electron chi connectivity index (χ3n) is 8.71. The molecule has 3 aliphatic carbocycles. The van der Waals surface area contributed by atoms with E-state index in [0.717, 1.165) is 12.8 Å². The first-order valence-corrected chi connectivity index (χ1v) is 9.77. The maximum absolute atomic E-state index is 13.2. The van der Waals surface area contributed by atoms with E-state index in [1.165, 1.54) is 0 Å². The highest BCUT2D eigenvalue weighted by atomic mass is 16.6. The van der Waals surface area contributed by atoms with Crippen molar-refractivity contribution >= 4 is 17.7 Å². The van der Waals surface area contributed by atoms with Crippen molar-refractivity contribution in [2.75, 3.05) is 6.61 Å². The molecule has 5 aliphatic rings. The Morgan fingerprint density at radius 1 is 1.15 bits per heavy atom. The summed E-state index contributed by atoms with van der Waals surface area (Å²) in [4.78, 5) is 39.1. The van der Waals surface area contributed by atoms with Gasteiger partial charge < -0.3 is 14.6 Å². The molecule has 5 rings (SSSR count). The molecule has 2 bridgehead atoms. The molecule has 2 heterocycles. The van der Waals surface area contributed by atoms with E-state index >= 15 is 0 Å². The number of aliphatic hydroxyl groups is 1. The third kappa shape index (κ3) is 1.54. The molecular formula is C20H26O6. The first-order chi connectivity index (χ1) is 12.2. The molecule has 1 N–H and O–H groups in total. The van der Waals surface area contributed by atoms with Crippen molar-refractivity contribution in [3.63, 3.8) is 0 Å². The quantitative estimate of drug-likeness (QED) is 0.519. The zero-order valence-corrected chi connectivity index (χ0v) is 15.5. The van der Waals surface area contributed by atoms with Gasteiger partial charge in [-0.05, 0) is 31.1 Å². The van der Waals surface area contributed by atoms with E-state index in [-0.39, 0.29) is 36.1 Å². The van der Waals surface area contributed by atoms with E-state index in [4.69, 9.17) is 9.47 Å². The third-order valence-corrected chi connectivity index (χ3v) is 8.71. The van der Waals surface area contributed by atoms with E-state index in [1.54, 1.807) is 0 Å². The van der Waals surface area contributed by atoms with E-state index in [0.29, 0.717) is 12.8 Å². The molecule has 2 aliphatic heterocycles. The van der Waals surface area contributed by atoms with Gasteiger partial charge in [0.15, 0.2) is 5.78 Å². The Morgan fingerprint density at radius 3 is 2.62 bits per heavy atom. The van der Waals surface area contributed by atoms with Crippen LogP contribution >= 0.6 is 0 Å². The van der Waals surface area contributed by atoms with Gasteiger partial charge in [0.25, 0.3) is 0 Å². The predicted octanol–water partition coefficient (Wildman–Crippen LogP) is 1.48. The molecule has 3 saturated carbocycles. The number of carbonyl (C=O) groups excluding carboxylic acids is 3. The van der Waals surface area contributed by atoms with Crippen LogP contribution in [-0.4, -0.2) is 41.6 Å². The van der Waals surface area contributed by atoms with Gasteiger partial charge in [-0.25, -0.2) is 0 Å². The summed E-state index contributed by atoms with van der Waals surface area (Å²) in [6.07, 6.45) is 1.15. The Labute approximate surface area is 152 Å². The molecule has 6 nitrogen and oxygen atoms in total. The Hall–Kier alpha value is -1.43. The zero-order valence-electron chi connectivity index (χ0n) is 15.5. The van der Waals surface area contributed by atoms with Crippen molar-refractivity contribution in [1.82, 2.24) is 0 Å². The van der Waals surface area contributed by atoms with E-state index in [9.17, 15) is 19.5 Å². The van der Waals surface area contributed by atoms with Crippen molar-refractivity contribution in [2.45, 2.75) is 58.7 Å². The van der Waals surface area contributed by atoms with Crippen LogP contribution in [0.1, 0.15) is 46.5 Å². The van der Waals surface area contributed by atoms with Gasteiger partial charge in [0.2, 0.25) is 0 Å². The summed E-state index contributed by atoms with van der Waals surface area (Å²) in [5.41, 5.74) is -2.50. The molecule has 6 heteroatoms. The summed E-state index contributed by atoms with van der Waals surface area (Å²) < 4.78 is 11.4. The van der Waals surface area contributed by atoms with Gasteiger partial charge in [0.1, 0.15) is 18.1 Å². The normalized spacial score (nSPS) is 54.1. The Bertz CT molecular complexity index is 728. The largest absolute Gasteiger partial charge is 0.465 e. The lowest BCUT2D eigenvalue weighted by Gasteiger charge is -2.61. The number of aliphatic hydroxyl groups excluding tert-OH is 1. The highest BCUT2D eigenvalue weighted by Gasteiger charge is 2.79. The molecular weight excluding hydrogens is 336 g/mol. The van der Waals surface area contributed by atoms with Crippen LogP contribution in [0.2, 0.25) is 0 Å². The van der Waals surface area contributed by atoms with Gasteiger partial charge in [-0.2, -0.15) is 0 Å². The lowest BCUT2D eigenvalue weighted by molar-refractivity contribution is -0.245. The fraction of sp³-hybridized carbons (Fsp3) is 0.850. The van der Waals surface area contributed by atoms with Crippen LogP contribution in [0.3, 0.4) is 0 Å². The lowest BCUT2D eigenvalue weighted by atomic mass is 9.43. The molecule has 5 fully saturated rings. The van der Waals surface area contributed by atoms with Crippen LogP contribution in [0.15, 0.2) is 0 Å². The van der Waals surface area contributed by atoms with Crippen LogP contribution < -0.4 is 0 Å². The number of fused-ring (bicyclic) bond motifs is 1. The van der Waals surface area contributed by atoms with E-state index in [1.807, 2.05) is 20.8 Å². The number of cyclic esters (lactones) is 1. The summed E-state index contributed by atoms with van der Waals surface area (Å²) in [6, 6.07) is 0. The van der Waals surface area contributed by atoms with Gasteiger partial charge in [0.05, 0.1) is 17.4 Å². The monoisotopic (exact) mass is 362 g/mol. The first kappa shape index (κ1) is 16.7. The highest BCUT2D eigenvalue weighted by Crippen LogP contribution is 2.70. The summed E-state index contributed by atoms with van der Waals surface area (Å²) in [5, 5.41) is 10.7. The summed E-state index contributed by atoms with van der Waals surface area (Å²) >= 11 is 0. The number of ether oxygens (including phenoxy) is 2. The number of hydrogen-bond acceptors (Lipinski definition) is 6. The second kappa shape index (κ2) is 4.70. The van der Waals surface area contributed by atoms with Crippen LogP contribution in [0, 0.1) is 39.9 Å². The van der Waals surface area contributed by atoms with Gasteiger partial charge in [0, 0.05) is 17.8 Å². The molecule has 26 heavy (non-hydrogen) atoms. The average Bonchev–Trinajstić information content (AvgIpc) is 3.03. The maximum atomic E-state index is 13.2. The van der Waals surface area contributed by atoms with Crippen LogP contribution in [0.5, 0.6) is 0 Å². The number of ketones is 1. The molecule has 142 valence electrons. The van der Waals surface area contributed by atoms with Crippen molar-refractivity contribution in [3.05, 3.63) is 0 Å². The fourth-order valence-electron chi connectivity index (χ4n) is 7.35. The van der Waals surface area contributed by atoms with E-state index in [2.05, 4.69) is 0 Å². The number of rotatable bonds is 0. The smallest absolute Gasteiger partial charge is 0.320 e. The zero-order chi connectivity index (χ0) is 18.6. The predicted molar refractivity (Wildman–Crippen MR) is 88.6 cm³/mol. The van der Waals surface area contributed by atoms with Gasteiger partial charge in [-0.1, -0.05) is 20.8 Å². The molecule has 2 spiro atoms. The molecule has 0 amide bonds. The molecule has 2 saturated heterocycles. The molecule has 0 aromatic rings. The topological polar surface area (TPSA) is 89.9 Å². The summed E-state index contributed by atoms with van der Waals surface area (Å²) in [6.45, 7) is 5.88. The van der Waals surface area contributed by atoms with E-state index < -0.39 is 40.3 Å². The molecule has 8 unspecified atom stereocenters. The number of hydrogen-bond donors (Lipinski definition) is 1. The van der Waals surface area contributed by atoms with Crippen molar-refractivity contribution in [2.24, 2.45) is 39.9 Å². The van der Waals surface area contributed by atoms with Crippen molar-refractivity contribution in [1.29, 1.82) is 0 Å². The average molecular weight is 362 g/mol. The Kier molecular flexibility index (Phi) is 3.02. The van der Waals surface area contributed by atoms with Crippen LogP contribution in [0.25, 0.3) is 0 Å². The Morgan fingerprint density at radius 2 is 1.88 bits per heavy atom. The number of carbonyl (C=O) groups is 3. The van der Waals surface area contributed by atoms with Gasteiger partial charge >= 0.3 is 11.9 Å². The molecule has 0 aromatic carbocycles. The number of esters is 2. The molecule has 0 aromatic heterocycles. The van der Waals surface area contributed by atoms with Gasteiger partial charge in [-0.15, -0.1) is 0 Å². The first-order valence-electron chi connectivity index (χ1n) is 9.77. The minimum Gasteiger partial charge on any atom is -0.465 e. The Balaban J connectivity index is 1.72. The molecule has 8 atom stereocenters. The number of Topliss-reactive ketones (excluding diaryl/α,β-unsaturated/α-hetero) is 1. The van der Waals surface area contributed by atoms with Crippen molar-refractivity contribution < 1.29 is 29.0 Å². The second-order valence-corrected chi connectivity index (χ2v) is 9.84. The standard InChI is InChI=1S/C20H26O6/c1-9-10-4-5-11-19(7-10,15(9)22)17(24)26-13-6-12(21)18(2,3)14-16(23)25-8-20(11,13)14/h9-14,21H,4-8H2,1-3H3. The second-order valence-electron chi connectivity index (χ2n) is 9.84. The molecule has 0 radical (unpaired) electrons. The highest BCUT2D eigenvalue weighted by molar-refractivity contribution is 6.08. The fourth-order valence-corrected chi connectivity index (χ4v) is 7.35. The summed E-state index contributed by atoms with van der Waals surface area (Å²) in [7, 11) is 0. The van der Waals surface area contributed by atoms with Crippen molar-refractivity contribution in [3.8, 4) is 0 Å².